The molecular weight excluding hydrogens is 313 g/mol. The van der Waals surface area contributed by atoms with Crippen LogP contribution in [0.5, 0.6) is 5.75 Å². The van der Waals surface area contributed by atoms with E-state index in [1.54, 1.807) is 6.07 Å². The van der Waals surface area contributed by atoms with Gasteiger partial charge in [-0.3, -0.25) is 10.1 Å². The lowest BCUT2D eigenvalue weighted by Crippen LogP contribution is -2.30. The molecule has 1 amide bonds. The molecule has 0 bridgehead atoms. The number of carbonyl (C=O) groups excluding carboxylic acids is 1. The molecule has 0 spiro atoms. The lowest BCUT2D eigenvalue weighted by atomic mass is 10.2. The number of carbonyl (C=O) groups is 1. The molecule has 7 heteroatoms. The standard InChI is InChI=1S/C17H14FN3O3/c1-11(23-14-10-6-5-9-13(14)18)15(22)19-17-20-16(24-21-17)12-7-3-2-4-8-12/h2-11H,1H3,(H,19,21,22)/t11-/m0/s1. The second-order valence-electron chi connectivity index (χ2n) is 4.97. The molecular formula is C17H14FN3O3. The summed E-state index contributed by atoms with van der Waals surface area (Å²) in [5, 5.41) is 6.16. The van der Waals surface area contributed by atoms with Gasteiger partial charge in [-0.1, -0.05) is 30.3 Å². The summed E-state index contributed by atoms with van der Waals surface area (Å²) in [5.74, 6) is -0.753. The third-order valence-electron chi connectivity index (χ3n) is 3.19. The molecule has 1 N–H and O–H groups in total. The van der Waals surface area contributed by atoms with Crippen LogP contribution < -0.4 is 10.1 Å². The quantitative estimate of drug-likeness (QED) is 0.778. The molecule has 1 aromatic heterocycles. The molecule has 0 aliphatic heterocycles. The predicted octanol–water partition coefficient (Wildman–Crippen LogP) is 3.28. The molecule has 0 saturated heterocycles. The highest BCUT2D eigenvalue weighted by atomic mass is 19.1. The van der Waals surface area contributed by atoms with Crippen LogP contribution in [-0.4, -0.2) is 22.2 Å². The summed E-state index contributed by atoms with van der Waals surface area (Å²) >= 11 is 0. The minimum atomic E-state index is -0.930. The summed E-state index contributed by atoms with van der Waals surface area (Å²) in [6.45, 7) is 1.50. The number of amides is 1. The topological polar surface area (TPSA) is 77.2 Å². The zero-order valence-electron chi connectivity index (χ0n) is 12.8. The Morgan fingerprint density at radius 1 is 1.17 bits per heavy atom. The van der Waals surface area contributed by atoms with Crippen LogP contribution in [0.4, 0.5) is 10.3 Å². The van der Waals surface area contributed by atoms with Crippen molar-refractivity contribution in [3.63, 3.8) is 0 Å². The Kier molecular flexibility index (Phi) is 4.51. The van der Waals surface area contributed by atoms with Crippen LogP contribution in [0.25, 0.3) is 11.5 Å². The van der Waals surface area contributed by atoms with Crippen LogP contribution in [0.3, 0.4) is 0 Å². The number of rotatable bonds is 5. The van der Waals surface area contributed by atoms with Crippen molar-refractivity contribution < 1.29 is 18.4 Å². The fraction of sp³-hybridized carbons (Fsp3) is 0.118. The number of hydrogen-bond donors (Lipinski definition) is 1. The second-order valence-corrected chi connectivity index (χ2v) is 4.97. The number of benzene rings is 2. The number of para-hydroxylation sites is 1. The van der Waals surface area contributed by atoms with E-state index in [2.05, 4.69) is 15.5 Å². The van der Waals surface area contributed by atoms with E-state index in [1.165, 1.54) is 25.1 Å². The number of hydrogen-bond acceptors (Lipinski definition) is 5. The van der Waals surface area contributed by atoms with E-state index in [0.717, 1.165) is 5.56 Å². The van der Waals surface area contributed by atoms with Gasteiger partial charge in [-0.05, 0) is 36.3 Å². The Hall–Kier alpha value is -3.22. The summed E-state index contributed by atoms with van der Waals surface area (Å²) < 4.78 is 23.9. The fourth-order valence-electron chi connectivity index (χ4n) is 1.97. The summed E-state index contributed by atoms with van der Waals surface area (Å²) in [6, 6.07) is 15.0. The van der Waals surface area contributed by atoms with E-state index in [-0.39, 0.29) is 17.6 Å². The summed E-state index contributed by atoms with van der Waals surface area (Å²) in [6.07, 6.45) is -0.930. The fourth-order valence-corrected chi connectivity index (χ4v) is 1.97. The average molecular weight is 327 g/mol. The maximum absolute atomic E-state index is 13.5. The van der Waals surface area contributed by atoms with Gasteiger partial charge >= 0.3 is 0 Å². The zero-order chi connectivity index (χ0) is 16.9. The number of nitrogens with one attached hydrogen (secondary N) is 1. The van der Waals surface area contributed by atoms with Gasteiger partial charge in [-0.2, -0.15) is 4.98 Å². The van der Waals surface area contributed by atoms with Gasteiger partial charge in [-0.15, -0.1) is 0 Å². The van der Waals surface area contributed by atoms with Crippen molar-refractivity contribution in [1.29, 1.82) is 0 Å². The average Bonchev–Trinajstić information content (AvgIpc) is 3.06. The number of halogens is 1. The van der Waals surface area contributed by atoms with Crippen LogP contribution in [0.1, 0.15) is 6.92 Å². The number of anilines is 1. The van der Waals surface area contributed by atoms with Crippen LogP contribution in [0.2, 0.25) is 0 Å². The van der Waals surface area contributed by atoms with Crippen LogP contribution in [0, 0.1) is 5.82 Å². The van der Waals surface area contributed by atoms with E-state index < -0.39 is 17.8 Å². The molecule has 3 aromatic rings. The van der Waals surface area contributed by atoms with Gasteiger partial charge in [0.2, 0.25) is 0 Å². The number of nitrogens with zero attached hydrogens (tertiary/aromatic N) is 2. The Bertz CT molecular complexity index is 836. The molecule has 0 radical (unpaired) electrons. The van der Waals surface area contributed by atoms with Crippen molar-refractivity contribution in [2.24, 2.45) is 0 Å². The van der Waals surface area contributed by atoms with E-state index in [0.29, 0.717) is 0 Å². The highest BCUT2D eigenvalue weighted by Gasteiger charge is 2.19. The SMILES string of the molecule is C[C@H](Oc1ccccc1F)C(=O)Nc1noc(-c2ccccc2)n1. The molecule has 0 aliphatic carbocycles. The predicted molar refractivity (Wildman–Crippen MR) is 84.9 cm³/mol. The van der Waals surface area contributed by atoms with Gasteiger partial charge < -0.3 is 9.26 Å². The minimum Gasteiger partial charge on any atom is -0.478 e. The first-order valence-corrected chi connectivity index (χ1v) is 7.24. The summed E-state index contributed by atoms with van der Waals surface area (Å²) in [7, 11) is 0. The highest BCUT2D eigenvalue weighted by molar-refractivity contribution is 5.92. The molecule has 0 fully saturated rings. The first-order valence-electron chi connectivity index (χ1n) is 7.24. The molecule has 2 aromatic carbocycles. The highest BCUT2D eigenvalue weighted by Crippen LogP contribution is 2.19. The molecule has 3 rings (SSSR count). The molecule has 6 nitrogen and oxygen atoms in total. The molecule has 122 valence electrons. The molecule has 1 heterocycles. The Balaban J connectivity index is 1.65. The normalized spacial score (nSPS) is 11.8. The molecule has 0 unspecified atom stereocenters. The first-order chi connectivity index (χ1) is 11.6. The second kappa shape index (κ2) is 6.91. The number of aromatic nitrogens is 2. The Morgan fingerprint density at radius 3 is 2.62 bits per heavy atom. The van der Waals surface area contributed by atoms with E-state index in [4.69, 9.17) is 9.26 Å². The first kappa shape index (κ1) is 15.7. The maximum atomic E-state index is 13.5. The third kappa shape index (κ3) is 3.57. The molecule has 24 heavy (non-hydrogen) atoms. The van der Waals surface area contributed by atoms with E-state index >= 15 is 0 Å². The minimum absolute atomic E-state index is 0.00163. The maximum Gasteiger partial charge on any atom is 0.270 e. The monoisotopic (exact) mass is 327 g/mol. The van der Waals surface area contributed by atoms with E-state index in [1.807, 2.05) is 30.3 Å². The summed E-state index contributed by atoms with van der Waals surface area (Å²) in [4.78, 5) is 16.2. The molecule has 0 saturated carbocycles. The lowest BCUT2D eigenvalue weighted by molar-refractivity contribution is -0.122. The van der Waals surface area contributed by atoms with Crippen molar-refractivity contribution >= 4 is 11.9 Å². The van der Waals surface area contributed by atoms with Gasteiger partial charge in [0.25, 0.3) is 17.7 Å². The van der Waals surface area contributed by atoms with Crippen LogP contribution in [0.15, 0.2) is 59.1 Å². The number of ether oxygens (including phenoxy) is 1. The van der Waals surface area contributed by atoms with Crippen molar-refractivity contribution in [2.45, 2.75) is 13.0 Å². The van der Waals surface area contributed by atoms with Crippen LogP contribution >= 0.6 is 0 Å². The van der Waals surface area contributed by atoms with Crippen molar-refractivity contribution in [1.82, 2.24) is 10.1 Å². The summed E-state index contributed by atoms with van der Waals surface area (Å²) in [5.41, 5.74) is 0.737. The molecule has 1 atom stereocenters. The lowest BCUT2D eigenvalue weighted by Gasteiger charge is -2.13. The van der Waals surface area contributed by atoms with Gasteiger partial charge in [0.15, 0.2) is 17.7 Å². The van der Waals surface area contributed by atoms with Gasteiger partial charge in [0.05, 0.1) is 0 Å². The van der Waals surface area contributed by atoms with Crippen molar-refractivity contribution in [3.8, 4) is 17.2 Å². The van der Waals surface area contributed by atoms with Gasteiger partial charge in [0.1, 0.15) is 0 Å². The largest absolute Gasteiger partial charge is 0.478 e. The Labute approximate surface area is 137 Å². The molecule has 0 aliphatic rings. The Morgan fingerprint density at radius 2 is 1.88 bits per heavy atom. The smallest absolute Gasteiger partial charge is 0.270 e. The van der Waals surface area contributed by atoms with Gasteiger partial charge in [-0.25, -0.2) is 4.39 Å². The van der Waals surface area contributed by atoms with Gasteiger partial charge in [0, 0.05) is 5.56 Å². The van der Waals surface area contributed by atoms with E-state index in [9.17, 15) is 9.18 Å². The zero-order valence-corrected chi connectivity index (χ0v) is 12.8. The van der Waals surface area contributed by atoms with Crippen LogP contribution in [-0.2, 0) is 4.79 Å². The van der Waals surface area contributed by atoms with Crippen molar-refractivity contribution in [3.05, 3.63) is 60.4 Å². The third-order valence-corrected chi connectivity index (χ3v) is 3.19. The van der Waals surface area contributed by atoms with Crippen molar-refractivity contribution in [2.75, 3.05) is 5.32 Å².